The second-order valence-corrected chi connectivity index (χ2v) is 5.20. The topological polar surface area (TPSA) is 69.4 Å². The summed E-state index contributed by atoms with van der Waals surface area (Å²) in [7, 11) is 0. The Balaban J connectivity index is 1.79. The monoisotopic (exact) mass is 301 g/mol. The van der Waals surface area contributed by atoms with Crippen molar-refractivity contribution < 1.29 is 9.47 Å². The largest absolute Gasteiger partial charge is 0.454 e. The van der Waals surface area contributed by atoms with Crippen molar-refractivity contribution in [2.24, 2.45) is 5.73 Å². The fraction of sp³-hybridized carbons (Fsp3) is 0.200. The van der Waals surface area contributed by atoms with Crippen LogP contribution >= 0.6 is 12.2 Å². The molecule has 0 aliphatic carbocycles. The van der Waals surface area contributed by atoms with Crippen molar-refractivity contribution in [2.45, 2.75) is 13.5 Å². The Morgan fingerprint density at radius 2 is 2.14 bits per heavy atom. The third-order valence-corrected chi connectivity index (χ3v) is 3.51. The van der Waals surface area contributed by atoms with Crippen LogP contribution < -0.4 is 20.5 Å². The van der Waals surface area contributed by atoms with Crippen LogP contribution in [0, 0.1) is 6.92 Å². The van der Waals surface area contributed by atoms with Gasteiger partial charge in [0.15, 0.2) is 11.5 Å². The summed E-state index contributed by atoms with van der Waals surface area (Å²) in [4.78, 5) is 4.66. The lowest BCUT2D eigenvalue weighted by atomic mass is 10.1. The number of anilines is 1. The highest BCUT2D eigenvalue weighted by atomic mass is 32.1. The predicted octanol–water partition coefficient (Wildman–Crippen LogP) is 2.37. The minimum absolute atomic E-state index is 0.275. The normalized spacial score (nSPS) is 12.2. The van der Waals surface area contributed by atoms with Crippen molar-refractivity contribution in [1.82, 2.24) is 4.98 Å². The molecule has 5 nitrogen and oxygen atoms in total. The van der Waals surface area contributed by atoms with Crippen LogP contribution in [-0.4, -0.2) is 16.8 Å². The number of aromatic nitrogens is 1. The van der Waals surface area contributed by atoms with E-state index < -0.39 is 0 Å². The molecule has 0 spiro atoms. The van der Waals surface area contributed by atoms with E-state index in [1.165, 1.54) is 0 Å². The Bertz CT molecular complexity index is 703. The quantitative estimate of drug-likeness (QED) is 0.845. The molecule has 0 bridgehead atoms. The van der Waals surface area contributed by atoms with Gasteiger partial charge in [-0.2, -0.15) is 0 Å². The van der Waals surface area contributed by atoms with Crippen molar-refractivity contribution in [2.75, 3.05) is 12.1 Å². The van der Waals surface area contributed by atoms with Gasteiger partial charge in [0.1, 0.15) is 10.8 Å². The van der Waals surface area contributed by atoms with Crippen molar-refractivity contribution in [3.63, 3.8) is 0 Å². The van der Waals surface area contributed by atoms with Gasteiger partial charge in [0.2, 0.25) is 6.79 Å². The van der Waals surface area contributed by atoms with E-state index in [0.717, 1.165) is 28.2 Å². The summed E-state index contributed by atoms with van der Waals surface area (Å²) >= 11 is 5.09. The molecule has 1 aromatic carbocycles. The van der Waals surface area contributed by atoms with E-state index in [1.54, 1.807) is 6.20 Å². The van der Waals surface area contributed by atoms with Gasteiger partial charge in [0.05, 0.1) is 5.56 Å². The van der Waals surface area contributed by atoms with E-state index in [0.29, 0.717) is 17.4 Å². The lowest BCUT2D eigenvalue weighted by Gasteiger charge is -2.12. The van der Waals surface area contributed by atoms with Gasteiger partial charge in [-0.05, 0) is 36.2 Å². The fourth-order valence-corrected chi connectivity index (χ4v) is 2.50. The Morgan fingerprint density at radius 3 is 2.95 bits per heavy atom. The summed E-state index contributed by atoms with van der Waals surface area (Å²) in [5, 5.41) is 3.27. The number of benzene rings is 1. The zero-order chi connectivity index (χ0) is 14.8. The molecule has 2 heterocycles. The summed E-state index contributed by atoms with van der Waals surface area (Å²) < 4.78 is 10.7. The molecule has 0 amide bonds. The van der Waals surface area contributed by atoms with Crippen LogP contribution in [0.4, 0.5) is 5.82 Å². The molecule has 21 heavy (non-hydrogen) atoms. The number of rotatable bonds is 4. The molecule has 2 aromatic rings. The van der Waals surface area contributed by atoms with Crippen LogP contribution in [0.1, 0.15) is 16.7 Å². The average molecular weight is 301 g/mol. The molecule has 3 rings (SSSR count). The number of pyridine rings is 1. The minimum Gasteiger partial charge on any atom is -0.454 e. The highest BCUT2D eigenvalue weighted by Crippen LogP contribution is 2.32. The summed E-state index contributed by atoms with van der Waals surface area (Å²) in [6.07, 6.45) is 1.74. The molecule has 1 aromatic heterocycles. The maximum absolute atomic E-state index is 5.77. The van der Waals surface area contributed by atoms with E-state index in [-0.39, 0.29) is 6.79 Å². The lowest BCUT2D eigenvalue weighted by Crippen LogP contribution is -2.16. The van der Waals surface area contributed by atoms with Crippen LogP contribution in [0.15, 0.2) is 30.5 Å². The number of thiocarbonyl (C=S) groups is 1. The molecular formula is C15H15N3O2S. The summed E-state index contributed by atoms with van der Waals surface area (Å²) in [5.74, 6) is 2.23. The molecule has 0 unspecified atom stereocenters. The highest BCUT2D eigenvalue weighted by molar-refractivity contribution is 7.80. The van der Waals surface area contributed by atoms with Crippen LogP contribution in [0.3, 0.4) is 0 Å². The van der Waals surface area contributed by atoms with Gasteiger partial charge >= 0.3 is 0 Å². The number of ether oxygens (including phenoxy) is 2. The van der Waals surface area contributed by atoms with E-state index in [9.17, 15) is 0 Å². The smallest absolute Gasteiger partial charge is 0.231 e. The minimum atomic E-state index is 0.275. The van der Waals surface area contributed by atoms with Crippen LogP contribution in [0.2, 0.25) is 0 Å². The van der Waals surface area contributed by atoms with E-state index in [1.807, 2.05) is 31.2 Å². The maximum Gasteiger partial charge on any atom is 0.231 e. The number of hydrogen-bond donors (Lipinski definition) is 2. The average Bonchev–Trinajstić information content (AvgIpc) is 2.92. The molecule has 1 aliphatic heterocycles. The second-order valence-electron chi connectivity index (χ2n) is 4.76. The van der Waals surface area contributed by atoms with Gasteiger partial charge in [0.25, 0.3) is 0 Å². The number of fused-ring (bicyclic) bond motifs is 1. The van der Waals surface area contributed by atoms with E-state index >= 15 is 0 Å². The number of aryl methyl sites for hydroxylation is 1. The molecule has 0 saturated carbocycles. The molecular weight excluding hydrogens is 286 g/mol. The molecule has 0 radical (unpaired) electrons. The van der Waals surface area contributed by atoms with E-state index in [2.05, 4.69) is 10.3 Å². The SMILES string of the molecule is Cc1ccnc(NCc2ccc3c(c2)OCO3)c1C(N)=S. The molecule has 1 aliphatic rings. The maximum atomic E-state index is 5.77. The summed E-state index contributed by atoms with van der Waals surface area (Å²) in [6.45, 7) is 2.84. The number of nitrogens with two attached hydrogens (primary N) is 1. The first-order chi connectivity index (χ1) is 10.1. The first-order valence-corrected chi connectivity index (χ1v) is 6.94. The fourth-order valence-electron chi connectivity index (χ4n) is 2.24. The molecule has 3 N–H and O–H groups in total. The Kier molecular flexibility index (Phi) is 3.62. The van der Waals surface area contributed by atoms with Gasteiger partial charge in [0, 0.05) is 12.7 Å². The molecule has 0 saturated heterocycles. The summed E-state index contributed by atoms with van der Waals surface area (Å²) in [5.41, 5.74) is 8.63. The lowest BCUT2D eigenvalue weighted by molar-refractivity contribution is 0.174. The molecule has 108 valence electrons. The zero-order valence-corrected chi connectivity index (χ0v) is 12.4. The first-order valence-electron chi connectivity index (χ1n) is 6.53. The van der Waals surface area contributed by atoms with Crippen LogP contribution in [0.25, 0.3) is 0 Å². The van der Waals surface area contributed by atoms with Crippen LogP contribution in [-0.2, 0) is 6.54 Å². The van der Waals surface area contributed by atoms with Gasteiger partial charge < -0.3 is 20.5 Å². The van der Waals surface area contributed by atoms with Crippen molar-refractivity contribution in [3.05, 3.63) is 47.2 Å². The van der Waals surface area contributed by atoms with Crippen molar-refractivity contribution in [3.8, 4) is 11.5 Å². The van der Waals surface area contributed by atoms with Crippen molar-refractivity contribution in [1.29, 1.82) is 0 Å². The molecule has 6 heteroatoms. The Labute approximate surface area is 128 Å². The second kappa shape index (κ2) is 5.57. The van der Waals surface area contributed by atoms with Gasteiger partial charge in [-0.25, -0.2) is 4.98 Å². The predicted molar refractivity (Wildman–Crippen MR) is 84.8 cm³/mol. The Hall–Kier alpha value is -2.34. The molecule has 0 fully saturated rings. The van der Waals surface area contributed by atoms with Gasteiger partial charge in [-0.1, -0.05) is 18.3 Å². The van der Waals surface area contributed by atoms with Gasteiger partial charge in [-0.3, -0.25) is 0 Å². The standard InChI is InChI=1S/C15H15N3O2S/c1-9-4-5-17-15(13(9)14(16)21)18-7-10-2-3-11-12(6-10)20-8-19-11/h2-6H,7-8H2,1H3,(H2,16,21)(H,17,18). The number of hydrogen-bond acceptors (Lipinski definition) is 5. The van der Waals surface area contributed by atoms with Crippen molar-refractivity contribution >= 4 is 23.0 Å². The number of nitrogens with zero attached hydrogens (tertiary/aromatic N) is 1. The summed E-state index contributed by atoms with van der Waals surface area (Å²) in [6, 6.07) is 7.72. The van der Waals surface area contributed by atoms with Gasteiger partial charge in [-0.15, -0.1) is 0 Å². The first kappa shape index (κ1) is 13.6. The zero-order valence-electron chi connectivity index (χ0n) is 11.6. The molecule has 0 atom stereocenters. The highest BCUT2D eigenvalue weighted by Gasteiger charge is 2.14. The Morgan fingerprint density at radius 1 is 1.33 bits per heavy atom. The van der Waals surface area contributed by atoms with Crippen LogP contribution in [0.5, 0.6) is 11.5 Å². The van der Waals surface area contributed by atoms with E-state index in [4.69, 9.17) is 27.4 Å². The third-order valence-electron chi connectivity index (χ3n) is 3.30. The number of nitrogens with one attached hydrogen (secondary N) is 1. The third kappa shape index (κ3) is 2.75.